The van der Waals surface area contributed by atoms with Gasteiger partial charge < -0.3 is 10.4 Å². The van der Waals surface area contributed by atoms with Crippen molar-refractivity contribution in [3.05, 3.63) is 24.5 Å². The van der Waals surface area contributed by atoms with Gasteiger partial charge >= 0.3 is 5.97 Å². The first-order chi connectivity index (χ1) is 7.74. The zero-order valence-electron chi connectivity index (χ0n) is 9.22. The molecule has 0 saturated heterocycles. The van der Waals surface area contributed by atoms with Gasteiger partial charge in [0, 0.05) is 23.0 Å². The van der Waals surface area contributed by atoms with Gasteiger partial charge in [0.15, 0.2) is 0 Å². The third-order valence-corrected chi connectivity index (χ3v) is 3.12. The van der Waals surface area contributed by atoms with Crippen molar-refractivity contribution in [3.63, 3.8) is 0 Å². The lowest BCUT2D eigenvalue weighted by atomic mass is 10.2. The Morgan fingerprint density at radius 3 is 2.81 bits per heavy atom. The highest BCUT2D eigenvalue weighted by molar-refractivity contribution is 7.99. The van der Waals surface area contributed by atoms with Crippen LogP contribution in [0.25, 0.3) is 0 Å². The predicted molar refractivity (Wildman–Crippen MR) is 64.7 cm³/mol. The van der Waals surface area contributed by atoms with Crippen LogP contribution >= 0.6 is 11.8 Å². The fourth-order valence-electron chi connectivity index (χ4n) is 1.29. The Bertz CT molecular complexity index is 319. The molecule has 1 unspecified atom stereocenters. The molecule has 1 heterocycles. The van der Waals surface area contributed by atoms with Crippen molar-refractivity contribution in [2.75, 3.05) is 12.3 Å². The number of aliphatic carboxylic acids is 1. The highest BCUT2D eigenvalue weighted by atomic mass is 32.2. The van der Waals surface area contributed by atoms with Gasteiger partial charge in [-0.1, -0.05) is 6.92 Å². The zero-order chi connectivity index (χ0) is 11.8. The van der Waals surface area contributed by atoms with Crippen molar-refractivity contribution in [3.8, 4) is 0 Å². The van der Waals surface area contributed by atoms with E-state index in [0.29, 0.717) is 13.0 Å². The number of thioether (sulfide) groups is 1. The summed E-state index contributed by atoms with van der Waals surface area (Å²) < 4.78 is 0. The van der Waals surface area contributed by atoms with Crippen molar-refractivity contribution < 1.29 is 9.90 Å². The molecule has 5 heteroatoms. The standard InChI is InChI=1S/C11H16N2O2S/c1-2-13-10(11(14)15)5-8-16-9-3-6-12-7-4-9/h3-4,6-7,10,13H,2,5,8H2,1H3,(H,14,15). The highest BCUT2D eigenvalue weighted by Crippen LogP contribution is 2.17. The minimum Gasteiger partial charge on any atom is -0.480 e. The van der Waals surface area contributed by atoms with Gasteiger partial charge in [0.05, 0.1) is 0 Å². The molecule has 16 heavy (non-hydrogen) atoms. The quantitative estimate of drug-likeness (QED) is 0.709. The van der Waals surface area contributed by atoms with Crippen LogP contribution in [0.3, 0.4) is 0 Å². The summed E-state index contributed by atoms with van der Waals surface area (Å²) in [7, 11) is 0. The largest absolute Gasteiger partial charge is 0.480 e. The molecular formula is C11H16N2O2S. The number of likely N-dealkylation sites (N-methyl/N-ethyl adjacent to an activating group) is 1. The summed E-state index contributed by atoms with van der Waals surface area (Å²) in [4.78, 5) is 15.9. The average molecular weight is 240 g/mol. The molecule has 88 valence electrons. The smallest absolute Gasteiger partial charge is 0.320 e. The summed E-state index contributed by atoms with van der Waals surface area (Å²) in [5.74, 6) is 0.00530. The van der Waals surface area contributed by atoms with E-state index in [-0.39, 0.29) is 0 Å². The molecular weight excluding hydrogens is 224 g/mol. The first-order valence-electron chi connectivity index (χ1n) is 5.23. The lowest BCUT2D eigenvalue weighted by Crippen LogP contribution is -2.36. The summed E-state index contributed by atoms with van der Waals surface area (Å²) in [6, 6.07) is 3.40. The van der Waals surface area contributed by atoms with Crippen LogP contribution < -0.4 is 5.32 Å². The third kappa shape index (κ3) is 4.63. The van der Waals surface area contributed by atoms with E-state index in [1.165, 1.54) is 0 Å². The Kier molecular flexibility index (Phi) is 5.88. The fourth-order valence-corrected chi connectivity index (χ4v) is 2.19. The molecule has 0 aliphatic carbocycles. The predicted octanol–water partition coefficient (Wildman–Crippen LogP) is 1.63. The number of carboxylic acids is 1. The zero-order valence-corrected chi connectivity index (χ0v) is 10.0. The summed E-state index contributed by atoms with van der Waals surface area (Å²) in [5.41, 5.74) is 0. The van der Waals surface area contributed by atoms with E-state index >= 15 is 0 Å². The molecule has 0 fully saturated rings. The summed E-state index contributed by atoms with van der Waals surface area (Å²) in [5, 5.41) is 11.9. The van der Waals surface area contributed by atoms with Crippen LogP contribution in [0.4, 0.5) is 0 Å². The molecule has 0 aliphatic rings. The minimum absolute atomic E-state index is 0.445. The number of nitrogens with one attached hydrogen (secondary N) is 1. The van der Waals surface area contributed by atoms with Crippen LogP contribution in [-0.2, 0) is 4.79 Å². The number of carbonyl (C=O) groups is 1. The number of hydrogen-bond acceptors (Lipinski definition) is 4. The van der Waals surface area contributed by atoms with E-state index in [4.69, 9.17) is 5.11 Å². The number of carboxylic acid groups (broad SMARTS) is 1. The Labute approximate surface area is 99.5 Å². The topological polar surface area (TPSA) is 62.2 Å². The molecule has 0 amide bonds. The maximum Gasteiger partial charge on any atom is 0.320 e. The van der Waals surface area contributed by atoms with Crippen LogP contribution in [0.15, 0.2) is 29.4 Å². The second-order valence-corrected chi connectivity index (χ2v) is 4.44. The van der Waals surface area contributed by atoms with Gasteiger partial charge in [-0.3, -0.25) is 9.78 Å². The molecule has 1 rings (SSSR count). The first-order valence-corrected chi connectivity index (χ1v) is 6.21. The van der Waals surface area contributed by atoms with Gasteiger partial charge in [-0.15, -0.1) is 11.8 Å². The summed E-state index contributed by atoms with van der Waals surface area (Å²) >= 11 is 1.65. The van der Waals surface area contributed by atoms with Gasteiger partial charge in [0.25, 0.3) is 0 Å². The Morgan fingerprint density at radius 2 is 2.25 bits per heavy atom. The second-order valence-electron chi connectivity index (χ2n) is 3.27. The van der Waals surface area contributed by atoms with Gasteiger partial charge in [0.2, 0.25) is 0 Å². The van der Waals surface area contributed by atoms with Crippen LogP contribution in [0.5, 0.6) is 0 Å². The molecule has 0 saturated carbocycles. The van der Waals surface area contributed by atoms with Gasteiger partial charge in [0.1, 0.15) is 6.04 Å². The lowest BCUT2D eigenvalue weighted by Gasteiger charge is -2.12. The minimum atomic E-state index is -0.780. The number of hydrogen-bond donors (Lipinski definition) is 2. The molecule has 0 spiro atoms. The number of nitrogens with zero attached hydrogens (tertiary/aromatic N) is 1. The molecule has 0 bridgehead atoms. The van der Waals surface area contributed by atoms with Crippen molar-refractivity contribution in [2.45, 2.75) is 24.3 Å². The van der Waals surface area contributed by atoms with E-state index in [2.05, 4.69) is 10.3 Å². The number of rotatable bonds is 7. The molecule has 0 aliphatic heterocycles. The summed E-state index contributed by atoms with van der Waals surface area (Å²) in [6.45, 7) is 2.59. The summed E-state index contributed by atoms with van der Waals surface area (Å²) in [6.07, 6.45) is 4.10. The molecule has 1 aromatic rings. The van der Waals surface area contributed by atoms with Crippen LogP contribution in [0.2, 0.25) is 0 Å². The van der Waals surface area contributed by atoms with E-state index < -0.39 is 12.0 Å². The second kappa shape index (κ2) is 7.24. The molecule has 0 aromatic carbocycles. The van der Waals surface area contributed by atoms with Crippen LogP contribution in [0.1, 0.15) is 13.3 Å². The lowest BCUT2D eigenvalue weighted by molar-refractivity contribution is -0.139. The molecule has 1 aromatic heterocycles. The van der Waals surface area contributed by atoms with Gasteiger partial charge in [-0.25, -0.2) is 0 Å². The Morgan fingerprint density at radius 1 is 1.56 bits per heavy atom. The molecule has 4 nitrogen and oxygen atoms in total. The monoisotopic (exact) mass is 240 g/mol. The van der Waals surface area contributed by atoms with Crippen LogP contribution in [-0.4, -0.2) is 34.4 Å². The van der Waals surface area contributed by atoms with Gasteiger partial charge in [-0.05, 0) is 25.1 Å². The van der Waals surface area contributed by atoms with Gasteiger partial charge in [-0.2, -0.15) is 0 Å². The third-order valence-electron chi connectivity index (χ3n) is 2.07. The highest BCUT2D eigenvalue weighted by Gasteiger charge is 2.14. The maximum atomic E-state index is 10.9. The van der Waals surface area contributed by atoms with E-state index in [0.717, 1.165) is 10.6 Å². The molecule has 1 atom stereocenters. The Hall–Kier alpha value is -1.07. The van der Waals surface area contributed by atoms with E-state index in [1.54, 1.807) is 24.2 Å². The van der Waals surface area contributed by atoms with Crippen molar-refractivity contribution >= 4 is 17.7 Å². The van der Waals surface area contributed by atoms with Crippen molar-refractivity contribution in [1.82, 2.24) is 10.3 Å². The molecule has 0 radical (unpaired) electrons. The average Bonchev–Trinajstić information content (AvgIpc) is 2.29. The molecule has 2 N–H and O–H groups in total. The van der Waals surface area contributed by atoms with Crippen molar-refractivity contribution in [1.29, 1.82) is 0 Å². The van der Waals surface area contributed by atoms with Crippen molar-refractivity contribution in [2.24, 2.45) is 0 Å². The fraction of sp³-hybridized carbons (Fsp3) is 0.455. The first kappa shape index (κ1) is 13.0. The number of aromatic nitrogens is 1. The van der Waals surface area contributed by atoms with Crippen LogP contribution in [0, 0.1) is 0 Å². The SMILES string of the molecule is CCNC(CCSc1ccncc1)C(=O)O. The maximum absolute atomic E-state index is 10.9. The number of pyridine rings is 1. The Balaban J connectivity index is 2.31. The van der Waals surface area contributed by atoms with E-state index in [1.807, 2.05) is 19.1 Å². The normalized spacial score (nSPS) is 12.3. The van der Waals surface area contributed by atoms with E-state index in [9.17, 15) is 4.79 Å².